The zero-order valence-electron chi connectivity index (χ0n) is 11.2. The second-order valence-electron chi connectivity index (χ2n) is 4.47. The fourth-order valence-electron chi connectivity index (χ4n) is 1.98. The molecule has 4 atom stereocenters. The van der Waals surface area contributed by atoms with Crippen LogP contribution in [0.15, 0.2) is 0 Å². The zero-order chi connectivity index (χ0) is 13.7. The molecule has 0 radical (unpaired) electrons. The Morgan fingerprint density at radius 3 is 2.44 bits per heavy atom. The topological polar surface area (TPSA) is 61.8 Å². The molecule has 1 unspecified atom stereocenters. The van der Waals surface area contributed by atoms with Gasteiger partial charge < -0.3 is 14.2 Å². The van der Waals surface area contributed by atoms with Crippen LogP contribution < -0.4 is 0 Å². The zero-order valence-corrected chi connectivity index (χ0v) is 12.0. The molecule has 0 aromatic carbocycles. The molecule has 1 rings (SSSR count). The van der Waals surface area contributed by atoms with Gasteiger partial charge in [-0.25, -0.2) is 0 Å². The first-order valence-electron chi connectivity index (χ1n) is 5.92. The Hall–Kier alpha value is -0.750. The summed E-state index contributed by atoms with van der Waals surface area (Å²) in [5.74, 6) is 0.442. The summed E-state index contributed by atoms with van der Waals surface area (Å²) in [6.07, 6.45) is 1.27. The fourth-order valence-corrected chi connectivity index (χ4v) is 2.72. The maximum Gasteiger partial charge on any atom is 0.305 e. The van der Waals surface area contributed by atoms with Crippen LogP contribution in [0.25, 0.3) is 0 Å². The predicted octanol–water partition coefficient (Wildman–Crippen LogP) is 1.60. The molecule has 1 aliphatic rings. The average Bonchev–Trinajstić information content (AvgIpc) is 2.60. The van der Waals surface area contributed by atoms with Gasteiger partial charge >= 0.3 is 11.9 Å². The molecular formula is C12H20O5S. The summed E-state index contributed by atoms with van der Waals surface area (Å²) in [4.78, 5) is 22.0. The molecule has 0 amide bonds. The fraction of sp³-hybridized carbons (Fsp3) is 0.833. The number of ether oxygens (including phenoxy) is 3. The lowest BCUT2D eigenvalue weighted by atomic mass is 10.0. The van der Waals surface area contributed by atoms with Gasteiger partial charge in [0, 0.05) is 20.3 Å². The highest BCUT2D eigenvalue weighted by Crippen LogP contribution is 2.30. The van der Waals surface area contributed by atoms with E-state index >= 15 is 0 Å². The van der Waals surface area contributed by atoms with Crippen molar-refractivity contribution in [3.05, 3.63) is 0 Å². The number of carbonyl (C=O) groups excluding carboxylic acids is 2. The first-order chi connectivity index (χ1) is 8.43. The lowest BCUT2D eigenvalue weighted by Gasteiger charge is -2.19. The molecule has 1 heterocycles. The first kappa shape index (κ1) is 15.3. The summed E-state index contributed by atoms with van der Waals surface area (Å²) >= 11 is 1.73. The van der Waals surface area contributed by atoms with Crippen LogP contribution in [0.4, 0.5) is 0 Å². The van der Waals surface area contributed by atoms with Crippen molar-refractivity contribution in [2.24, 2.45) is 5.92 Å². The number of rotatable bonds is 5. The third kappa shape index (κ3) is 4.49. The lowest BCUT2D eigenvalue weighted by molar-refractivity contribution is -0.195. The van der Waals surface area contributed by atoms with Crippen LogP contribution >= 0.6 is 11.8 Å². The third-order valence-corrected chi connectivity index (χ3v) is 3.60. The van der Waals surface area contributed by atoms with E-state index in [1.54, 1.807) is 11.8 Å². The van der Waals surface area contributed by atoms with E-state index in [0.717, 1.165) is 5.75 Å². The molecule has 0 aromatic heterocycles. The number of esters is 2. The van der Waals surface area contributed by atoms with E-state index in [-0.39, 0.29) is 12.1 Å². The Morgan fingerprint density at radius 1 is 1.33 bits per heavy atom. The Kier molecular flexibility index (Phi) is 5.95. The van der Waals surface area contributed by atoms with Gasteiger partial charge in [0.25, 0.3) is 0 Å². The van der Waals surface area contributed by atoms with Gasteiger partial charge in [0.05, 0.1) is 6.10 Å². The minimum absolute atomic E-state index is 0.0499. The minimum Gasteiger partial charge on any atom is -0.456 e. The molecule has 1 aliphatic heterocycles. The molecular weight excluding hydrogens is 256 g/mol. The largest absolute Gasteiger partial charge is 0.456 e. The van der Waals surface area contributed by atoms with Gasteiger partial charge in [0.2, 0.25) is 6.29 Å². The molecule has 0 saturated carbocycles. The van der Waals surface area contributed by atoms with E-state index in [9.17, 15) is 9.59 Å². The van der Waals surface area contributed by atoms with Crippen LogP contribution in [0.1, 0.15) is 27.2 Å². The first-order valence-corrected chi connectivity index (χ1v) is 7.32. The molecule has 104 valence electrons. The van der Waals surface area contributed by atoms with Crippen LogP contribution in [0.2, 0.25) is 0 Å². The molecule has 1 saturated heterocycles. The highest BCUT2D eigenvalue weighted by atomic mass is 32.2. The summed E-state index contributed by atoms with van der Waals surface area (Å²) in [5, 5.41) is 0. The van der Waals surface area contributed by atoms with Crippen LogP contribution in [0.5, 0.6) is 0 Å². The second kappa shape index (κ2) is 6.99. The normalized spacial score (nSPS) is 28.8. The Morgan fingerprint density at radius 2 is 1.94 bits per heavy atom. The lowest BCUT2D eigenvalue weighted by Crippen LogP contribution is -2.30. The average molecular weight is 276 g/mol. The molecule has 18 heavy (non-hydrogen) atoms. The van der Waals surface area contributed by atoms with Gasteiger partial charge in [0.15, 0.2) is 6.10 Å². The molecule has 0 bridgehead atoms. The van der Waals surface area contributed by atoms with E-state index in [4.69, 9.17) is 14.2 Å². The van der Waals surface area contributed by atoms with Crippen molar-refractivity contribution in [1.82, 2.24) is 0 Å². The molecule has 0 aliphatic carbocycles. The van der Waals surface area contributed by atoms with E-state index in [2.05, 4.69) is 6.92 Å². The number of carbonyl (C=O) groups is 2. The number of thioether (sulfide) groups is 1. The number of hydrogen-bond acceptors (Lipinski definition) is 6. The van der Waals surface area contributed by atoms with E-state index in [1.807, 2.05) is 6.26 Å². The van der Waals surface area contributed by atoms with Crippen molar-refractivity contribution >= 4 is 23.7 Å². The van der Waals surface area contributed by atoms with Crippen molar-refractivity contribution in [3.63, 3.8) is 0 Å². The molecule has 0 spiro atoms. The Bertz CT molecular complexity index is 283. The van der Waals surface area contributed by atoms with Crippen LogP contribution in [0, 0.1) is 5.92 Å². The predicted molar refractivity (Wildman–Crippen MR) is 68.1 cm³/mol. The van der Waals surface area contributed by atoms with Gasteiger partial charge in [-0.2, -0.15) is 11.8 Å². The summed E-state index contributed by atoms with van der Waals surface area (Å²) in [7, 11) is 0. The number of hydrogen-bond donors (Lipinski definition) is 0. The summed E-state index contributed by atoms with van der Waals surface area (Å²) in [6.45, 7) is 4.72. The van der Waals surface area contributed by atoms with Gasteiger partial charge in [-0.05, 0) is 17.9 Å². The van der Waals surface area contributed by atoms with Crippen molar-refractivity contribution in [1.29, 1.82) is 0 Å². The summed E-state index contributed by atoms with van der Waals surface area (Å²) in [5.41, 5.74) is 0. The van der Waals surface area contributed by atoms with Gasteiger partial charge in [0.1, 0.15) is 0 Å². The van der Waals surface area contributed by atoms with Crippen molar-refractivity contribution < 1.29 is 23.8 Å². The molecule has 6 heteroatoms. The maximum absolute atomic E-state index is 11.0. The van der Waals surface area contributed by atoms with Crippen LogP contribution in [-0.2, 0) is 23.8 Å². The molecule has 0 aromatic rings. The van der Waals surface area contributed by atoms with E-state index < -0.39 is 18.4 Å². The third-order valence-electron chi connectivity index (χ3n) is 2.74. The maximum atomic E-state index is 11.0. The monoisotopic (exact) mass is 276 g/mol. The minimum atomic E-state index is -0.777. The Labute approximate surface area is 112 Å². The molecule has 1 fully saturated rings. The van der Waals surface area contributed by atoms with E-state index in [1.165, 1.54) is 13.8 Å². The SMILES string of the molecule is CSC[C@H](C)[C@@H]1C[C@@H](OC(C)=O)C(OC(C)=O)O1. The highest BCUT2D eigenvalue weighted by molar-refractivity contribution is 7.98. The van der Waals surface area contributed by atoms with Crippen LogP contribution in [-0.4, -0.2) is 42.4 Å². The van der Waals surface area contributed by atoms with Crippen molar-refractivity contribution in [3.8, 4) is 0 Å². The van der Waals surface area contributed by atoms with Crippen LogP contribution in [0.3, 0.4) is 0 Å². The van der Waals surface area contributed by atoms with E-state index in [0.29, 0.717) is 12.3 Å². The summed E-state index contributed by atoms with van der Waals surface area (Å²) < 4.78 is 15.8. The quantitative estimate of drug-likeness (QED) is 0.711. The second-order valence-corrected chi connectivity index (χ2v) is 5.38. The smallest absolute Gasteiger partial charge is 0.305 e. The molecule has 5 nitrogen and oxygen atoms in total. The standard InChI is InChI=1S/C12H20O5S/c1-7(6-18-4)10-5-11(15-8(2)13)12(17-10)16-9(3)14/h7,10-12H,5-6H2,1-4H3/t7-,10-,11+,12?/m0/s1. The van der Waals surface area contributed by atoms with Crippen molar-refractivity contribution in [2.45, 2.75) is 45.7 Å². The van der Waals surface area contributed by atoms with Gasteiger partial charge in [-0.15, -0.1) is 0 Å². The summed E-state index contributed by atoms with van der Waals surface area (Å²) in [6, 6.07) is 0. The molecule has 0 N–H and O–H groups in total. The highest BCUT2D eigenvalue weighted by Gasteiger charge is 2.41. The van der Waals surface area contributed by atoms with Gasteiger partial charge in [-0.1, -0.05) is 6.92 Å². The van der Waals surface area contributed by atoms with Crippen molar-refractivity contribution in [2.75, 3.05) is 12.0 Å². The Balaban J connectivity index is 2.62. The van der Waals surface area contributed by atoms with Gasteiger partial charge in [-0.3, -0.25) is 9.59 Å².